The maximum Gasteiger partial charge on any atom is 0.130 e. The summed E-state index contributed by atoms with van der Waals surface area (Å²) in [5, 5.41) is 4.25. The standard InChI is InChI=1S/C17H25N3O/c1-7-11-8-12(13-10-19-20(5)16(13)18)15(21-6)14(9-11)17(2,3)4/h8-10H,7,18H2,1-6H3. The zero-order chi connectivity index (χ0) is 15.8. The van der Waals surface area contributed by atoms with Crippen LogP contribution in [-0.2, 0) is 18.9 Å². The van der Waals surface area contributed by atoms with Gasteiger partial charge >= 0.3 is 0 Å². The first-order valence-electron chi connectivity index (χ1n) is 7.28. The van der Waals surface area contributed by atoms with Crippen LogP contribution in [0.1, 0.15) is 38.8 Å². The van der Waals surface area contributed by atoms with Gasteiger partial charge in [0.2, 0.25) is 0 Å². The number of ether oxygens (including phenoxy) is 1. The van der Waals surface area contributed by atoms with Gasteiger partial charge < -0.3 is 10.5 Å². The van der Waals surface area contributed by atoms with Crippen molar-refractivity contribution < 1.29 is 4.74 Å². The molecule has 2 aromatic rings. The van der Waals surface area contributed by atoms with Crippen molar-refractivity contribution in [3.63, 3.8) is 0 Å². The lowest BCUT2D eigenvalue weighted by Gasteiger charge is -2.25. The van der Waals surface area contributed by atoms with E-state index >= 15 is 0 Å². The lowest BCUT2D eigenvalue weighted by Crippen LogP contribution is -2.14. The number of anilines is 1. The Morgan fingerprint density at radius 2 is 1.90 bits per heavy atom. The number of benzene rings is 1. The van der Waals surface area contributed by atoms with Gasteiger partial charge in [-0.1, -0.05) is 33.8 Å². The van der Waals surface area contributed by atoms with Crippen LogP contribution >= 0.6 is 0 Å². The Balaban J connectivity index is 2.78. The number of aromatic nitrogens is 2. The molecule has 0 radical (unpaired) electrons. The number of aryl methyl sites for hydroxylation is 2. The van der Waals surface area contributed by atoms with Crippen molar-refractivity contribution in [2.75, 3.05) is 12.8 Å². The first-order valence-corrected chi connectivity index (χ1v) is 7.28. The molecule has 0 saturated heterocycles. The fourth-order valence-electron chi connectivity index (χ4n) is 2.52. The minimum Gasteiger partial charge on any atom is -0.496 e. The molecule has 0 aliphatic heterocycles. The van der Waals surface area contributed by atoms with Crippen molar-refractivity contribution >= 4 is 5.82 Å². The second-order valence-corrected chi connectivity index (χ2v) is 6.39. The van der Waals surface area contributed by atoms with Gasteiger partial charge in [-0.25, -0.2) is 0 Å². The number of hydrogen-bond donors (Lipinski definition) is 1. The average molecular weight is 287 g/mol. The molecule has 2 rings (SSSR count). The number of nitrogen functional groups attached to an aromatic ring is 1. The molecule has 1 aromatic heterocycles. The van der Waals surface area contributed by atoms with E-state index in [1.165, 1.54) is 11.1 Å². The first kappa shape index (κ1) is 15.4. The molecule has 0 atom stereocenters. The van der Waals surface area contributed by atoms with Crippen LogP contribution in [0.2, 0.25) is 0 Å². The number of hydrogen-bond acceptors (Lipinski definition) is 3. The van der Waals surface area contributed by atoms with Crippen molar-refractivity contribution in [3.8, 4) is 16.9 Å². The molecule has 1 aromatic carbocycles. The van der Waals surface area contributed by atoms with Gasteiger partial charge in [0.1, 0.15) is 11.6 Å². The highest BCUT2D eigenvalue weighted by atomic mass is 16.5. The summed E-state index contributed by atoms with van der Waals surface area (Å²) in [6.45, 7) is 8.74. The molecule has 0 bridgehead atoms. The molecule has 1 heterocycles. The third kappa shape index (κ3) is 2.75. The zero-order valence-electron chi connectivity index (χ0n) is 13.8. The van der Waals surface area contributed by atoms with Crippen molar-refractivity contribution in [2.45, 2.75) is 39.5 Å². The summed E-state index contributed by atoms with van der Waals surface area (Å²) in [5.74, 6) is 1.54. The molecular weight excluding hydrogens is 262 g/mol. The Labute approximate surface area is 126 Å². The van der Waals surface area contributed by atoms with Gasteiger partial charge in [0.25, 0.3) is 0 Å². The number of rotatable bonds is 3. The van der Waals surface area contributed by atoms with E-state index in [9.17, 15) is 0 Å². The Bertz CT molecular complexity index is 651. The lowest BCUT2D eigenvalue weighted by atomic mass is 9.83. The molecule has 0 unspecified atom stereocenters. The summed E-state index contributed by atoms with van der Waals surface area (Å²) < 4.78 is 7.41. The van der Waals surface area contributed by atoms with Crippen molar-refractivity contribution in [1.29, 1.82) is 0 Å². The van der Waals surface area contributed by atoms with E-state index in [0.29, 0.717) is 5.82 Å². The molecule has 4 nitrogen and oxygen atoms in total. The van der Waals surface area contributed by atoms with Gasteiger partial charge in [0.05, 0.1) is 13.3 Å². The minimum atomic E-state index is 0.00223. The molecule has 0 aliphatic rings. The average Bonchev–Trinajstić information content (AvgIpc) is 2.76. The quantitative estimate of drug-likeness (QED) is 0.939. The van der Waals surface area contributed by atoms with Crippen LogP contribution < -0.4 is 10.5 Å². The van der Waals surface area contributed by atoms with Gasteiger partial charge in [-0.2, -0.15) is 5.10 Å². The number of methoxy groups -OCH3 is 1. The lowest BCUT2D eigenvalue weighted by molar-refractivity contribution is 0.399. The Morgan fingerprint density at radius 3 is 2.33 bits per heavy atom. The van der Waals surface area contributed by atoms with E-state index in [1.54, 1.807) is 18.0 Å². The summed E-state index contributed by atoms with van der Waals surface area (Å²) in [7, 11) is 3.56. The number of nitrogens with two attached hydrogens (primary N) is 1. The van der Waals surface area contributed by atoms with Crippen LogP contribution in [0.25, 0.3) is 11.1 Å². The summed E-state index contributed by atoms with van der Waals surface area (Å²) in [6, 6.07) is 4.39. The SMILES string of the molecule is CCc1cc(-c2cnn(C)c2N)c(OC)c(C(C)(C)C)c1. The molecule has 114 valence electrons. The Kier molecular flexibility index (Phi) is 3.99. The highest BCUT2D eigenvalue weighted by molar-refractivity contribution is 5.80. The van der Waals surface area contributed by atoms with E-state index in [4.69, 9.17) is 10.5 Å². The monoisotopic (exact) mass is 287 g/mol. The topological polar surface area (TPSA) is 53.1 Å². The predicted molar refractivity (Wildman–Crippen MR) is 87.7 cm³/mol. The normalized spacial score (nSPS) is 11.7. The van der Waals surface area contributed by atoms with Crippen LogP contribution in [0.3, 0.4) is 0 Å². The highest BCUT2D eigenvalue weighted by Crippen LogP contribution is 2.41. The summed E-state index contributed by atoms with van der Waals surface area (Å²) >= 11 is 0. The maximum absolute atomic E-state index is 6.15. The molecule has 2 N–H and O–H groups in total. The molecule has 4 heteroatoms. The molecule has 0 spiro atoms. The van der Waals surface area contributed by atoms with E-state index < -0.39 is 0 Å². The second kappa shape index (κ2) is 5.43. The third-order valence-corrected chi connectivity index (χ3v) is 3.84. The van der Waals surface area contributed by atoms with E-state index in [-0.39, 0.29) is 5.41 Å². The summed E-state index contributed by atoms with van der Waals surface area (Å²) in [6.07, 6.45) is 2.78. The van der Waals surface area contributed by atoms with Gasteiger partial charge in [0.15, 0.2) is 0 Å². The van der Waals surface area contributed by atoms with Crippen LogP contribution in [0.5, 0.6) is 5.75 Å². The van der Waals surface area contributed by atoms with Gasteiger partial charge in [-0.15, -0.1) is 0 Å². The Morgan fingerprint density at radius 1 is 1.24 bits per heavy atom. The van der Waals surface area contributed by atoms with Crippen LogP contribution in [0.15, 0.2) is 18.3 Å². The van der Waals surface area contributed by atoms with Gasteiger partial charge in [0, 0.05) is 23.7 Å². The van der Waals surface area contributed by atoms with E-state index in [2.05, 4.69) is 44.9 Å². The maximum atomic E-state index is 6.15. The van der Waals surface area contributed by atoms with Crippen LogP contribution in [-0.4, -0.2) is 16.9 Å². The van der Waals surface area contributed by atoms with E-state index in [1.807, 2.05) is 7.05 Å². The predicted octanol–water partition coefficient (Wildman–Crippen LogP) is 3.54. The van der Waals surface area contributed by atoms with Gasteiger partial charge in [-0.05, 0) is 23.5 Å². The molecule has 0 saturated carbocycles. The molecular formula is C17H25N3O. The van der Waals surface area contributed by atoms with Crippen molar-refractivity contribution in [1.82, 2.24) is 9.78 Å². The third-order valence-electron chi connectivity index (χ3n) is 3.84. The molecule has 0 fully saturated rings. The van der Waals surface area contributed by atoms with Crippen LogP contribution in [0, 0.1) is 0 Å². The number of nitrogens with zero attached hydrogens (tertiary/aromatic N) is 2. The minimum absolute atomic E-state index is 0.00223. The summed E-state index contributed by atoms with van der Waals surface area (Å²) in [4.78, 5) is 0. The molecule has 21 heavy (non-hydrogen) atoms. The smallest absolute Gasteiger partial charge is 0.130 e. The molecule has 0 amide bonds. The van der Waals surface area contributed by atoms with Crippen molar-refractivity contribution in [2.24, 2.45) is 7.05 Å². The summed E-state index contributed by atoms with van der Waals surface area (Å²) in [5.41, 5.74) is 10.6. The molecule has 0 aliphatic carbocycles. The van der Waals surface area contributed by atoms with E-state index in [0.717, 1.165) is 23.3 Å². The second-order valence-electron chi connectivity index (χ2n) is 6.39. The van der Waals surface area contributed by atoms with Crippen molar-refractivity contribution in [3.05, 3.63) is 29.5 Å². The highest BCUT2D eigenvalue weighted by Gasteiger charge is 2.24. The fourth-order valence-corrected chi connectivity index (χ4v) is 2.52. The zero-order valence-corrected chi connectivity index (χ0v) is 13.8. The van der Waals surface area contributed by atoms with Crippen LogP contribution in [0.4, 0.5) is 5.82 Å². The van der Waals surface area contributed by atoms with Gasteiger partial charge in [-0.3, -0.25) is 4.68 Å². The fraction of sp³-hybridized carbons (Fsp3) is 0.471. The first-order chi connectivity index (χ1) is 9.79. The largest absolute Gasteiger partial charge is 0.496 e. The Hall–Kier alpha value is -1.97.